The maximum Gasteiger partial charge on any atom is 0.346 e. The number of hydrogen-bond donors (Lipinski definition) is 1. The van der Waals surface area contributed by atoms with E-state index in [-0.39, 0.29) is 5.57 Å². The second-order valence-corrected chi connectivity index (χ2v) is 10.2. The first kappa shape index (κ1) is 25.4. The molecule has 1 unspecified atom stereocenters. The van der Waals surface area contributed by atoms with E-state index in [0.717, 1.165) is 28.9 Å². The molecular formula is C30H29N3O2S. The van der Waals surface area contributed by atoms with Crippen LogP contribution in [0.5, 0.6) is 0 Å². The van der Waals surface area contributed by atoms with Gasteiger partial charge in [0.2, 0.25) is 0 Å². The summed E-state index contributed by atoms with van der Waals surface area (Å²) < 4.78 is 0. The highest BCUT2D eigenvalue weighted by molar-refractivity contribution is 8.09. The third-order valence-electron chi connectivity index (χ3n) is 6.21. The summed E-state index contributed by atoms with van der Waals surface area (Å²) in [7, 11) is 0. The Morgan fingerprint density at radius 3 is 2.39 bits per heavy atom. The summed E-state index contributed by atoms with van der Waals surface area (Å²) in [6, 6.07) is 17.3. The fraction of sp³-hybridized carbons (Fsp3) is 0.267. The second-order valence-electron chi connectivity index (χ2n) is 8.85. The van der Waals surface area contributed by atoms with Gasteiger partial charge in [0, 0.05) is 22.5 Å². The van der Waals surface area contributed by atoms with E-state index in [9.17, 15) is 4.79 Å². The Hall–Kier alpha value is -3.69. The summed E-state index contributed by atoms with van der Waals surface area (Å²) in [5, 5.41) is 18.7. The number of nitriles is 1. The number of allylic oxidation sites excluding steroid dienone is 1. The SMILES string of the molecule is CCCCCCC1CC=C(c2ccnc(-c3cc(-c4ccc(/C=C(/C#N)C(=O)O)cc4)ccn3)c2)S1. The van der Waals surface area contributed by atoms with Crippen molar-refractivity contribution in [2.45, 2.75) is 50.7 Å². The van der Waals surface area contributed by atoms with Crippen LogP contribution in [0.15, 0.2) is 72.6 Å². The summed E-state index contributed by atoms with van der Waals surface area (Å²) in [6.45, 7) is 2.25. The molecule has 0 radical (unpaired) electrons. The molecule has 0 aliphatic carbocycles. The van der Waals surface area contributed by atoms with Gasteiger partial charge in [0.1, 0.15) is 11.6 Å². The molecule has 4 rings (SSSR count). The number of nitrogens with zero attached hydrogens (tertiary/aromatic N) is 3. The highest BCUT2D eigenvalue weighted by atomic mass is 32.2. The van der Waals surface area contributed by atoms with Crippen LogP contribution in [0.1, 0.15) is 56.6 Å². The van der Waals surface area contributed by atoms with Gasteiger partial charge in [-0.3, -0.25) is 9.97 Å². The van der Waals surface area contributed by atoms with E-state index in [1.165, 1.54) is 48.6 Å². The van der Waals surface area contributed by atoms with Crippen molar-refractivity contribution in [2.75, 3.05) is 0 Å². The van der Waals surface area contributed by atoms with E-state index in [1.807, 2.05) is 42.2 Å². The Kier molecular flexibility index (Phi) is 8.70. The summed E-state index contributed by atoms with van der Waals surface area (Å²) in [5.41, 5.74) is 5.16. The Morgan fingerprint density at radius 2 is 1.72 bits per heavy atom. The number of carbonyl (C=O) groups is 1. The van der Waals surface area contributed by atoms with Crippen molar-refractivity contribution in [1.29, 1.82) is 5.26 Å². The van der Waals surface area contributed by atoms with Crippen LogP contribution in [0.3, 0.4) is 0 Å². The van der Waals surface area contributed by atoms with Gasteiger partial charge in [-0.1, -0.05) is 62.9 Å². The molecule has 1 N–H and O–H groups in total. The largest absolute Gasteiger partial charge is 0.477 e. The monoisotopic (exact) mass is 495 g/mol. The van der Waals surface area contributed by atoms with Gasteiger partial charge in [-0.2, -0.15) is 5.26 Å². The first-order chi connectivity index (χ1) is 17.6. The Balaban J connectivity index is 1.48. The quantitative estimate of drug-likeness (QED) is 0.177. The first-order valence-corrected chi connectivity index (χ1v) is 13.2. The Labute approximate surface area is 216 Å². The highest BCUT2D eigenvalue weighted by Crippen LogP contribution is 2.42. The minimum absolute atomic E-state index is 0.293. The second kappa shape index (κ2) is 12.3. The molecule has 3 aromatic rings. The third-order valence-corrected chi connectivity index (χ3v) is 7.63. The number of benzene rings is 1. The van der Waals surface area contributed by atoms with Crippen molar-refractivity contribution >= 4 is 28.7 Å². The first-order valence-electron chi connectivity index (χ1n) is 12.3. The van der Waals surface area contributed by atoms with Gasteiger partial charge < -0.3 is 5.11 Å². The molecule has 0 saturated heterocycles. The van der Waals surface area contributed by atoms with Crippen molar-refractivity contribution < 1.29 is 9.90 Å². The molecule has 0 amide bonds. The van der Waals surface area contributed by atoms with E-state index in [0.29, 0.717) is 10.8 Å². The van der Waals surface area contributed by atoms with Crippen LogP contribution < -0.4 is 0 Å². The number of unbranched alkanes of at least 4 members (excludes halogenated alkanes) is 3. The van der Waals surface area contributed by atoms with Crippen LogP contribution in [0.4, 0.5) is 0 Å². The number of carboxylic acids is 1. The fourth-order valence-electron chi connectivity index (χ4n) is 4.23. The maximum absolute atomic E-state index is 11.1. The number of carboxylic acid groups (broad SMARTS) is 1. The van der Waals surface area contributed by atoms with Gasteiger partial charge in [0.25, 0.3) is 0 Å². The molecule has 0 bridgehead atoms. The molecule has 1 aliphatic heterocycles. The standard InChI is InChI=1S/C30H29N3O2S/c1-2-3-4-5-6-26-11-12-29(36-26)24-14-16-33-28(19-24)27-18-23(13-15-32-27)22-9-7-21(8-10-22)17-25(20-31)30(34)35/h7-10,12-19,26H,2-6,11H2,1H3,(H,34,35)/b25-17-. The maximum atomic E-state index is 11.1. The molecule has 0 fully saturated rings. The molecule has 1 aliphatic rings. The highest BCUT2D eigenvalue weighted by Gasteiger charge is 2.19. The Morgan fingerprint density at radius 1 is 1.03 bits per heavy atom. The molecule has 5 nitrogen and oxygen atoms in total. The molecule has 1 aromatic carbocycles. The van der Waals surface area contributed by atoms with Crippen molar-refractivity contribution in [2.24, 2.45) is 0 Å². The predicted octanol–water partition coefficient (Wildman–Crippen LogP) is 7.62. The van der Waals surface area contributed by atoms with E-state index in [2.05, 4.69) is 35.1 Å². The molecule has 0 saturated carbocycles. The number of rotatable bonds is 10. The van der Waals surface area contributed by atoms with Crippen molar-refractivity contribution in [3.63, 3.8) is 0 Å². The third kappa shape index (κ3) is 6.50. The molecule has 3 heterocycles. The van der Waals surface area contributed by atoms with Gasteiger partial charge >= 0.3 is 5.97 Å². The number of hydrogen-bond acceptors (Lipinski definition) is 5. The number of pyridine rings is 2. The zero-order valence-corrected chi connectivity index (χ0v) is 21.2. The zero-order valence-electron chi connectivity index (χ0n) is 20.4. The average Bonchev–Trinajstić information content (AvgIpc) is 3.39. The smallest absolute Gasteiger partial charge is 0.346 e. The van der Waals surface area contributed by atoms with Crippen LogP contribution in [-0.2, 0) is 4.79 Å². The van der Waals surface area contributed by atoms with E-state index < -0.39 is 5.97 Å². The van der Waals surface area contributed by atoms with Gasteiger partial charge in [0.05, 0.1) is 11.4 Å². The van der Waals surface area contributed by atoms with Gasteiger partial charge in [-0.05, 0) is 65.4 Å². The number of thioether (sulfide) groups is 1. The van der Waals surface area contributed by atoms with Gasteiger partial charge in [-0.25, -0.2) is 4.79 Å². The lowest BCUT2D eigenvalue weighted by molar-refractivity contribution is -0.132. The van der Waals surface area contributed by atoms with Crippen LogP contribution in [0.25, 0.3) is 33.5 Å². The number of aliphatic carboxylic acids is 1. The van der Waals surface area contributed by atoms with Crippen LogP contribution in [-0.4, -0.2) is 26.3 Å². The van der Waals surface area contributed by atoms with Crippen molar-refractivity contribution in [3.8, 4) is 28.6 Å². The topological polar surface area (TPSA) is 86.9 Å². The number of aromatic nitrogens is 2. The average molecular weight is 496 g/mol. The van der Waals surface area contributed by atoms with Crippen LogP contribution in [0.2, 0.25) is 0 Å². The van der Waals surface area contributed by atoms with Crippen LogP contribution in [0, 0.1) is 11.3 Å². The minimum Gasteiger partial charge on any atom is -0.477 e. The summed E-state index contributed by atoms with van der Waals surface area (Å²) in [6.07, 6.45) is 15.0. The Bertz CT molecular complexity index is 1320. The molecule has 182 valence electrons. The molecule has 1 atom stereocenters. The molecule has 0 spiro atoms. The van der Waals surface area contributed by atoms with Gasteiger partial charge in [0.15, 0.2) is 0 Å². The lowest BCUT2D eigenvalue weighted by Crippen LogP contribution is -1.97. The van der Waals surface area contributed by atoms with E-state index in [1.54, 1.807) is 24.4 Å². The van der Waals surface area contributed by atoms with Crippen molar-refractivity contribution in [1.82, 2.24) is 9.97 Å². The summed E-state index contributed by atoms with van der Waals surface area (Å²) in [4.78, 5) is 21.6. The zero-order chi connectivity index (χ0) is 25.3. The lowest BCUT2D eigenvalue weighted by atomic mass is 10.0. The molecule has 2 aromatic heterocycles. The van der Waals surface area contributed by atoms with E-state index in [4.69, 9.17) is 10.4 Å². The molecular weight excluding hydrogens is 466 g/mol. The normalized spacial score (nSPS) is 15.4. The lowest BCUT2D eigenvalue weighted by Gasteiger charge is -2.11. The summed E-state index contributed by atoms with van der Waals surface area (Å²) in [5.74, 6) is -1.23. The fourth-order valence-corrected chi connectivity index (χ4v) is 5.52. The predicted molar refractivity (Wildman–Crippen MR) is 147 cm³/mol. The summed E-state index contributed by atoms with van der Waals surface area (Å²) >= 11 is 1.99. The van der Waals surface area contributed by atoms with Gasteiger partial charge in [-0.15, -0.1) is 11.8 Å². The minimum atomic E-state index is -1.23. The van der Waals surface area contributed by atoms with Crippen molar-refractivity contribution in [3.05, 3.63) is 83.7 Å². The van der Waals surface area contributed by atoms with Crippen LogP contribution >= 0.6 is 11.8 Å². The molecule has 6 heteroatoms. The molecule has 36 heavy (non-hydrogen) atoms. The van der Waals surface area contributed by atoms with E-state index >= 15 is 0 Å².